The lowest BCUT2D eigenvalue weighted by Crippen LogP contribution is -2.29. The average molecular weight is 188 g/mol. The first-order chi connectivity index (χ1) is 5.74. The Balaban J connectivity index is 2.47. The Labute approximate surface area is 73.3 Å². The van der Waals surface area contributed by atoms with Crippen LogP contribution < -0.4 is 5.32 Å². The zero-order valence-corrected chi connectivity index (χ0v) is 7.46. The maximum Gasteiger partial charge on any atom is 0.346 e. The molecule has 0 saturated carbocycles. The lowest BCUT2D eigenvalue weighted by molar-refractivity contribution is -0.0597. The topological polar surface area (TPSA) is 67.3 Å². The van der Waals surface area contributed by atoms with Gasteiger partial charge < -0.3 is 0 Å². The van der Waals surface area contributed by atoms with Gasteiger partial charge in [0.1, 0.15) is 5.00 Å². The molecule has 66 valence electrons. The largest absolute Gasteiger partial charge is 0.346 e. The zero-order chi connectivity index (χ0) is 8.97. The van der Waals surface area contributed by atoms with Gasteiger partial charge in [0.05, 0.1) is 13.3 Å². The normalized spacial score (nSPS) is 9.50. The van der Waals surface area contributed by atoms with Crippen LogP contribution in [0.15, 0.2) is 6.20 Å². The minimum Gasteiger partial charge on any atom is -0.295 e. The summed E-state index contributed by atoms with van der Waals surface area (Å²) in [4.78, 5) is 15.7. The summed E-state index contributed by atoms with van der Waals surface area (Å²) in [6.07, 6.45) is 1.46. The van der Waals surface area contributed by atoms with E-state index in [0.29, 0.717) is 5.00 Å². The number of hydroxylamine groups is 2. The molecular formula is C5H8N4O2S. The van der Waals surface area contributed by atoms with Crippen molar-refractivity contribution in [1.29, 1.82) is 0 Å². The summed E-state index contributed by atoms with van der Waals surface area (Å²) in [5, 5.41) is 7.74. The van der Waals surface area contributed by atoms with E-state index in [1.165, 1.54) is 20.4 Å². The number of amides is 2. The lowest BCUT2D eigenvalue weighted by atomic mass is 10.8. The van der Waals surface area contributed by atoms with Crippen molar-refractivity contribution in [2.24, 2.45) is 0 Å². The number of urea groups is 1. The van der Waals surface area contributed by atoms with Crippen LogP contribution in [0.2, 0.25) is 0 Å². The summed E-state index contributed by atoms with van der Waals surface area (Å²) in [6.45, 7) is 0. The number of aromatic nitrogens is 2. The first kappa shape index (κ1) is 8.88. The quantitative estimate of drug-likeness (QED) is 0.689. The average Bonchev–Trinajstić information content (AvgIpc) is 2.55. The van der Waals surface area contributed by atoms with E-state index in [9.17, 15) is 4.79 Å². The molecule has 1 heterocycles. The van der Waals surface area contributed by atoms with Crippen molar-refractivity contribution in [3.05, 3.63) is 6.20 Å². The fraction of sp³-hybridized carbons (Fsp3) is 0.400. The Morgan fingerprint density at radius 1 is 1.83 bits per heavy atom. The number of nitrogens with one attached hydrogen (secondary N) is 1. The lowest BCUT2D eigenvalue weighted by Gasteiger charge is -2.12. The van der Waals surface area contributed by atoms with Gasteiger partial charge in [-0.05, 0) is 0 Å². The predicted octanol–water partition coefficient (Wildman–Crippen LogP) is 0.563. The Bertz CT molecular complexity index is 250. The van der Waals surface area contributed by atoms with Crippen LogP contribution in [-0.2, 0) is 4.84 Å². The third kappa shape index (κ3) is 2.14. The molecule has 0 aromatic carbocycles. The molecule has 0 aliphatic rings. The SMILES string of the molecule is CON(C)C(=O)Nc1cnns1. The minimum atomic E-state index is -0.358. The molecule has 0 spiro atoms. The smallest absolute Gasteiger partial charge is 0.295 e. The number of anilines is 1. The minimum absolute atomic E-state index is 0.358. The molecule has 2 amide bonds. The standard InChI is InChI=1S/C5H8N4O2S/c1-9(11-2)5(10)7-4-3-6-8-12-4/h3H,1-2H3,(H,7,10). The highest BCUT2D eigenvalue weighted by Gasteiger charge is 2.08. The van der Waals surface area contributed by atoms with E-state index in [1.807, 2.05) is 0 Å². The van der Waals surface area contributed by atoms with Gasteiger partial charge in [0.2, 0.25) is 0 Å². The number of hydrogen-bond acceptors (Lipinski definition) is 5. The molecule has 0 atom stereocenters. The zero-order valence-electron chi connectivity index (χ0n) is 6.64. The summed E-state index contributed by atoms with van der Waals surface area (Å²) in [5.74, 6) is 0. The maximum atomic E-state index is 11.1. The molecule has 6 nitrogen and oxygen atoms in total. The predicted molar refractivity (Wildman–Crippen MR) is 43.7 cm³/mol. The monoisotopic (exact) mass is 188 g/mol. The first-order valence-corrected chi connectivity index (χ1v) is 3.87. The molecule has 1 N–H and O–H groups in total. The number of carbonyl (C=O) groups is 1. The molecule has 0 fully saturated rings. The van der Waals surface area contributed by atoms with Crippen molar-refractivity contribution >= 4 is 22.6 Å². The van der Waals surface area contributed by atoms with Gasteiger partial charge in [-0.25, -0.2) is 9.86 Å². The molecule has 0 aliphatic heterocycles. The van der Waals surface area contributed by atoms with Gasteiger partial charge in [0.25, 0.3) is 0 Å². The maximum absolute atomic E-state index is 11.1. The van der Waals surface area contributed by atoms with Crippen LogP contribution in [0.3, 0.4) is 0 Å². The van der Waals surface area contributed by atoms with Crippen molar-refractivity contribution in [2.45, 2.75) is 0 Å². The number of rotatable bonds is 2. The third-order valence-electron chi connectivity index (χ3n) is 1.15. The molecule has 0 unspecified atom stereocenters. The van der Waals surface area contributed by atoms with Crippen LogP contribution in [0.1, 0.15) is 0 Å². The van der Waals surface area contributed by atoms with Crippen LogP contribution in [-0.4, -0.2) is 34.8 Å². The summed E-state index contributed by atoms with van der Waals surface area (Å²) in [6, 6.07) is -0.358. The van der Waals surface area contributed by atoms with Crippen LogP contribution in [0.5, 0.6) is 0 Å². The van der Waals surface area contributed by atoms with Gasteiger partial charge in [0.15, 0.2) is 0 Å². The highest BCUT2D eigenvalue weighted by atomic mass is 32.1. The molecule has 1 aromatic rings. The Morgan fingerprint density at radius 2 is 2.58 bits per heavy atom. The number of hydrogen-bond donors (Lipinski definition) is 1. The van der Waals surface area contributed by atoms with E-state index in [2.05, 4.69) is 19.7 Å². The summed E-state index contributed by atoms with van der Waals surface area (Å²) in [5.41, 5.74) is 0. The Hall–Kier alpha value is -1.21. The van der Waals surface area contributed by atoms with E-state index >= 15 is 0 Å². The van der Waals surface area contributed by atoms with Crippen LogP contribution in [0.25, 0.3) is 0 Å². The molecule has 0 radical (unpaired) electrons. The van der Waals surface area contributed by atoms with E-state index in [-0.39, 0.29) is 6.03 Å². The molecule has 1 aromatic heterocycles. The Morgan fingerprint density at radius 3 is 3.08 bits per heavy atom. The fourth-order valence-electron chi connectivity index (χ4n) is 0.489. The molecule has 0 aliphatic carbocycles. The number of nitrogens with zero attached hydrogens (tertiary/aromatic N) is 3. The molecule has 7 heteroatoms. The van der Waals surface area contributed by atoms with E-state index in [0.717, 1.165) is 16.6 Å². The van der Waals surface area contributed by atoms with Crippen molar-refractivity contribution in [2.75, 3.05) is 19.5 Å². The molecule has 1 rings (SSSR count). The second-order valence-electron chi connectivity index (χ2n) is 1.89. The van der Waals surface area contributed by atoms with Crippen LogP contribution >= 0.6 is 11.5 Å². The van der Waals surface area contributed by atoms with Crippen molar-refractivity contribution in [3.63, 3.8) is 0 Å². The highest BCUT2D eigenvalue weighted by molar-refractivity contribution is 7.10. The molecular weight excluding hydrogens is 180 g/mol. The summed E-state index contributed by atoms with van der Waals surface area (Å²) in [7, 11) is 2.91. The fourth-order valence-corrected chi connectivity index (χ4v) is 0.899. The third-order valence-corrected chi connectivity index (χ3v) is 1.73. The second-order valence-corrected chi connectivity index (χ2v) is 2.68. The van der Waals surface area contributed by atoms with E-state index < -0.39 is 0 Å². The summed E-state index contributed by atoms with van der Waals surface area (Å²) >= 11 is 1.10. The summed E-state index contributed by atoms with van der Waals surface area (Å²) < 4.78 is 3.58. The second kappa shape index (κ2) is 3.98. The van der Waals surface area contributed by atoms with Gasteiger partial charge in [-0.15, -0.1) is 5.10 Å². The van der Waals surface area contributed by atoms with Gasteiger partial charge >= 0.3 is 6.03 Å². The van der Waals surface area contributed by atoms with Gasteiger partial charge in [0, 0.05) is 18.6 Å². The molecule has 0 saturated heterocycles. The highest BCUT2D eigenvalue weighted by Crippen LogP contribution is 2.09. The van der Waals surface area contributed by atoms with Gasteiger partial charge in [-0.1, -0.05) is 4.49 Å². The van der Waals surface area contributed by atoms with Crippen LogP contribution in [0, 0.1) is 0 Å². The van der Waals surface area contributed by atoms with Gasteiger partial charge in [-0.3, -0.25) is 10.2 Å². The van der Waals surface area contributed by atoms with E-state index in [4.69, 9.17) is 0 Å². The van der Waals surface area contributed by atoms with Gasteiger partial charge in [-0.2, -0.15) is 0 Å². The number of carbonyl (C=O) groups excluding carboxylic acids is 1. The van der Waals surface area contributed by atoms with Crippen molar-refractivity contribution in [3.8, 4) is 0 Å². The Kier molecular flexibility index (Phi) is 2.94. The van der Waals surface area contributed by atoms with Crippen molar-refractivity contribution in [1.82, 2.24) is 14.7 Å². The van der Waals surface area contributed by atoms with E-state index in [1.54, 1.807) is 0 Å². The first-order valence-electron chi connectivity index (χ1n) is 3.10. The molecule has 0 bridgehead atoms. The molecule has 12 heavy (non-hydrogen) atoms. The van der Waals surface area contributed by atoms with Crippen molar-refractivity contribution < 1.29 is 9.63 Å². The van der Waals surface area contributed by atoms with Crippen LogP contribution in [0.4, 0.5) is 9.80 Å².